The molecule has 5 nitrogen and oxygen atoms in total. The maximum atomic E-state index is 12.5. The van der Waals surface area contributed by atoms with Gasteiger partial charge >= 0.3 is 5.97 Å². The number of aliphatic carboxylic acids is 1. The number of carbonyl (C=O) groups is 2. The third-order valence-corrected chi connectivity index (χ3v) is 4.26. The summed E-state index contributed by atoms with van der Waals surface area (Å²) in [5.74, 6) is -0.599. The zero-order chi connectivity index (χ0) is 18.2. The average molecular weight is 337 g/mol. The van der Waals surface area contributed by atoms with Crippen LogP contribution in [0.15, 0.2) is 16.3 Å². The van der Waals surface area contributed by atoms with Crippen LogP contribution < -0.4 is 0 Å². The molecule has 0 unspecified atom stereocenters. The largest absolute Gasteiger partial charge is 0.511 e. The molecule has 5 heteroatoms. The third-order valence-electron chi connectivity index (χ3n) is 4.26. The second kappa shape index (κ2) is 9.60. The number of hydrogen-bond acceptors (Lipinski definition) is 4. The Labute approximate surface area is 144 Å². The number of allylic oxidation sites excluding steroid dienone is 2. The molecule has 0 bridgehead atoms. The molecular weight excluding hydrogens is 306 g/mol. The molecule has 136 valence electrons. The van der Waals surface area contributed by atoms with Gasteiger partial charge in [0, 0.05) is 31.5 Å². The minimum absolute atomic E-state index is 0.00974. The first kappa shape index (κ1) is 20.4. The number of aliphatic hydroxyl groups is 1. The SMILES string of the molecule is CCCC/C(O)=C1/C(=O)CC(C)(C)CC1=NCCCCCC(=O)O. The van der Waals surface area contributed by atoms with Crippen molar-refractivity contribution in [3.63, 3.8) is 0 Å². The number of aliphatic imine (C=N–C) groups is 1. The predicted octanol–water partition coefficient (Wildman–Crippen LogP) is 4.46. The van der Waals surface area contributed by atoms with Crippen LogP contribution in [-0.2, 0) is 9.59 Å². The van der Waals surface area contributed by atoms with Crippen LogP contribution in [0.25, 0.3) is 0 Å². The van der Waals surface area contributed by atoms with Gasteiger partial charge in [-0.05, 0) is 31.1 Å². The van der Waals surface area contributed by atoms with Crippen LogP contribution >= 0.6 is 0 Å². The van der Waals surface area contributed by atoms with Crippen molar-refractivity contribution in [2.45, 2.75) is 78.6 Å². The van der Waals surface area contributed by atoms with Gasteiger partial charge in [-0.25, -0.2) is 0 Å². The van der Waals surface area contributed by atoms with Gasteiger partial charge < -0.3 is 10.2 Å². The Bertz CT molecular complexity index is 517. The minimum Gasteiger partial charge on any atom is -0.511 e. The minimum atomic E-state index is -0.771. The molecule has 1 saturated carbocycles. The molecule has 0 amide bonds. The zero-order valence-electron chi connectivity index (χ0n) is 15.2. The van der Waals surface area contributed by atoms with Crippen molar-refractivity contribution in [1.29, 1.82) is 0 Å². The standard InChI is InChI=1S/C19H31NO4/c1-4-5-9-15(21)18-14(12-19(2,3)13-16(18)22)20-11-8-6-7-10-17(23)24/h21H,4-13H2,1-3H3,(H,23,24)/b18-15-,20-14?. The second-order valence-electron chi connectivity index (χ2n) is 7.40. The summed E-state index contributed by atoms with van der Waals surface area (Å²) in [6.07, 6.45) is 5.92. The lowest BCUT2D eigenvalue weighted by Gasteiger charge is -2.31. The number of carboxylic acids is 1. The zero-order valence-corrected chi connectivity index (χ0v) is 15.2. The van der Waals surface area contributed by atoms with Crippen molar-refractivity contribution >= 4 is 17.5 Å². The molecule has 0 aromatic rings. The van der Waals surface area contributed by atoms with Crippen LogP contribution in [0.5, 0.6) is 0 Å². The number of carboxylic acid groups (broad SMARTS) is 1. The second-order valence-corrected chi connectivity index (χ2v) is 7.40. The van der Waals surface area contributed by atoms with Crippen molar-refractivity contribution in [3.8, 4) is 0 Å². The normalized spacial score (nSPS) is 21.1. The van der Waals surface area contributed by atoms with Crippen LogP contribution in [0.2, 0.25) is 0 Å². The molecule has 1 rings (SSSR count). The maximum Gasteiger partial charge on any atom is 0.303 e. The number of rotatable bonds is 9. The number of nitrogens with zero attached hydrogens (tertiary/aromatic N) is 1. The highest BCUT2D eigenvalue weighted by molar-refractivity contribution is 6.24. The first-order valence-corrected chi connectivity index (χ1v) is 8.97. The van der Waals surface area contributed by atoms with Gasteiger partial charge in [-0.3, -0.25) is 14.6 Å². The Balaban J connectivity index is 2.77. The fraction of sp³-hybridized carbons (Fsp3) is 0.737. The van der Waals surface area contributed by atoms with E-state index >= 15 is 0 Å². The number of unbranched alkanes of at least 4 members (excludes halogenated alkanes) is 3. The van der Waals surface area contributed by atoms with Crippen LogP contribution in [0.4, 0.5) is 0 Å². The molecule has 24 heavy (non-hydrogen) atoms. The topological polar surface area (TPSA) is 87.0 Å². The Morgan fingerprint density at radius 1 is 1.08 bits per heavy atom. The van der Waals surface area contributed by atoms with Gasteiger partial charge in [0.2, 0.25) is 0 Å². The summed E-state index contributed by atoms with van der Waals surface area (Å²) >= 11 is 0. The molecule has 0 atom stereocenters. The summed E-state index contributed by atoms with van der Waals surface area (Å²) in [7, 11) is 0. The van der Waals surface area contributed by atoms with E-state index in [0.717, 1.165) is 31.4 Å². The molecule has 0 spiro atoms. The average Bonchev–Trinajstić information content (AvgIpc) is 2.46. The van der Waals surface area contributed by atoms with Gasteiger partial charge in [0.1, 0.15) is 5.76 Å². The van der Waals surface area contributed by atoms with E-state index in [4.69, 9.17) is 5.11 Å². The fourth-order valence-electron chi connectivity index (χ4n) is 3.00. The van der Waals surface area contributed by atoms with Gasteiger partial charge in [0.05, 0.1) is 5.57 Å². The molecule has 1 aliphatic rings. The van der Waals surface area contributed by atoms with E-state index in [-0.39, 0.29) is 23.4 Å². The Kier molecular flexibility index (Phi) is 8.16. The molecule has 2 N–H and O–H groups in total. The number of hydrogen-bond donors (Lipinski definition) is 2. The van der Waals surface area contributed by atoms with Crippen LogP contribution in [0.3, 0.4) is 0 Å². The van der Waals surface area contributed by atoms with Crippen molar-refractivity contribution in [3.05, 3.63) is 11.3 Å². The van der Waals surface area contributed by atoms with Crippen molar-refractivity contribution in [1.82, 2.24) is 0 Å². The van der Waals surface area contributed by atoms with Crippen molar-refractivity contribution < 1.29 is 19.8 Å². The number of ketones is 1. The number of carbonyl (C=O) groups excluding carboxylic acids is 1. The summed E-state index contributed by atoms with van der Waals surface area (Å²) < 4.78 is 0. The van der Waals surface area contributed by atoms with E-state index in [2.05, 4.69) is 11.9 Å². The van der Waals surface area contributed by atoms with E-state index in [0.29, 0.717) is 37.8 Å². The van der Waals surface area contributed by atoms with E-state index in [1.54, 1.807) is 0 Å². The smallest absolute Gasteiger partial charge is 0.303 e. The van der Waals surface area contributed by atoms with Crippen LogP contribution in [0.1, 0.15) is 78.6 Å². The Morgan fingerprint density at radius 3 is 2.42 bits per heavy atom. The van der Waals surface area contributed by atoms with Crippen molar-refractivity contribution in [2.75, 3.05) is 6.54 Å². The molecule has 0 heterocycles. The summed E-state index contributed by atoms with van der Waals surface area (Å²) in [6.45, 7) is 6.72. The Morgan fingerprint density at radius 2 is 1.79 bits per heavy atom. The number of Topliss-reactive ketones (excluding diaryl/α,β-unsaturated/α-hetero) is 1. The maximum absolute atomic E-state index is 12.5. The predicted molar refractivity (Wildman–Crippen MR) is 95.6 cm³/mol. The van der Waals surface area contributed by atoms with Crippen LogP contribution in [0, 0.1) is 5.41 Å². The first-order chi connectivity index (χ1) is 11.3. The molecule has 0 radical (unpaired) electrons. The van der Waals surface area contributed by atoms with E-state index in [9.17, 15) is 14.7 Å². The monoisotopic (exact) mass is 337 g/mol. The number of aliphatic hydroxyl groups excluding tert-OH is 1. The molecular formula is C19H31NO4. The first-order valence-electron chi connectivity index (χ1n) is 8.97. The summed E-state index contributed by atoms with van der Waals surface area (Å²) in [4.78, 5) is 27.6. The molecule has 0 aromatic heterocycles. The van der Waals surface area contributed by atoms with Gasteiger partial charge in [-0.2, -0.15) is 0 Å². The fourth-order valence-corrected chi connectivity index (χ4v) is 3.00. The highest BCUT2D eigenvalue weighted by Gasteiger charge is 2.35. The highest BCUT2D eigenvalue weighted by atomic mass is 16.4. The molecule has 1 fully saturated rings. The van der Waals surface area contributed by atoms with Gasteiger partial charge in [0.15, 0.2) is 5.78 Å². The highest BCUT2D eigenvalue weighted by Crippen LogP contribution is 2.35. The lowest BCUT2D eigenvalue weighted by Crippen LogP contribution is -2.32. The summed E-state index contributed by atoms with van der Waals surface area (Å²) in [6, 6.07) is 0. The van der Waals surface area contributed by atoms with Gasteiger partial charge in [-0.1, -0.05) is 33.6 Å². The molecule has 1 aliphatic carbocycles. The third kappa shape index (κ3) is 6.85. The summed E-state index contributed by atoms with van der Waals surface area (Å²) in [5.41, 5.74) is 1.03. The molecule has 0 saturated heterocycles. The quantitative estimate of drug-likeness (QED) is 0.369. The lowest BCUT2D eigenvalue weighted by atomic mass is 9.73. The van der Waals surface area contributed by atoms with Gasteiger partial charge in [-0.15, -0.1) is 0 Å². The van der Waals surface area contributed by atoms with E-state index < -0.39 is 5.97 Å². The van der Waals surface area contributed by atoms with E-state index in [1.807, 2.05) is 13.8 Å². The van der Waals surface area contributed by atoms with E-state index in [1.165, 1.54) is 0 Å². The molecule has 0 aromatic carbocycles. The summed E-state index contributed by atoms with van der Waals surface area (Å²) in [5, 5.41) is 19.0. The Hall–Kier alpha value is -1.65. The van der Waals surface area contributed by atoms with Crippen molar-refractivity contribution in [2.24, 2.45) is 10.4 Å². The molecule has 0 aliphatic heterocycles. The van der Waals surface area contributed by atoms with Gasteiger partial charge in [0.25, 0.3) is 0 Å². The lowest BCUT2D eigenvalue weighted by molar-refractivity contribution is -0.137. The van der Waals surface area contributed by atoms with Crippen LogP contribution in [-0.4, -0.2) is 34.2 Å².